The van der Waals surface area contributed by atoms with Crippen LogP contribution in [0.15, 0.2) is 0 Å². The standard InChI is InChI=1S/C11H19NO3/c13-10-3-1-9(2-4-10)12-11(14)8-5-6-15-7-8/h8-10,13H,1-7H2,(H,12,14). The summed E-state index contributed by atoms with van der Waals surface area (Å²) in [5, 5.41) is 12.4. The van der Waals surface area contributed by atoms with E-state index in [1.165, 1.54) is 0 Å². The lowest BCUT2D eigenvalue weighted by Crippen LogP contribution is -2.41. The predicted octanol–water partition coefficient (Wildman–Crippen LogP) is 0.443. The molecule has 1 aliphatic heterocycles. The predicted molar refractivity (Wildman–Crippen MR) is 55.3 cm³/mol. The number of carbonyl (C=O) groups excluding carboxylic acids is 1. The molecule has 1 amide bonds. The van der Waals surface area contributed by atoms with Gasteiger partial charge < -0.3 is 15.2 Å². The quantitative estimate of drug-likeness (QED) is 0.700. The SMILES string of the molecule is O=C(NC1CCC(O)CC1)C1CCOC1. The first-order valence-electron chi connectivity index (χ1n) is 5.82. The molecule has 1 atom stereocenters. The number of hydrogen-bond donors (Lipinski definition) is 2. The van der Waals surface area contributed by atoms with E-state index in [2.05, 4.69) is 5.32 Å². The van der Waals surface area contributed by atoms with E-state index in [1.54, 1.807) is 0 Å². The van der Waals surface area contributed by atoms with Crippen molar-refractivity contribution in [3.63, 3.8) is 0 Å². The molecule has 2 N–H and O–H groups in total. The molecule has 1 saturated heterocycles. The highest BCUT2D eigenvalue weighted by Crippen LogP contribution is 2.19. The fourth-order valence-electron chi connectivity index (χ4n) is 2.28. The van der Waals surface area contributed by atoms with Crippen molar-refractivity contribution in [1.82, 2.24) is 5.32 Å². The van der Waals surface area contributed by atoms with Gasteiger partial charge >= 0.3 is 0 Å². The summed E-state index contributed by atoms with van der Waals surface area (Å²) in [6.07, 6.45) is 4.12. The summed E-state index contributed by atoms with van der Waals surface area (Å²) in [6, 6.07) is 0.265. The molecule has 15 heavy (non-hydrogen) atoms. The van der Waals surface area contributed by atoms with Gasteiger partial charge in [0, 0.05) is 12.6 Å². The van der Waals surface area contributed by atoms with Gasteiger partial charge in [-0.25, -0.2) is 0 Å². The van der Waals surface area contributed by atoms with Gasteiger partial charge in [-0.3, -0.25) is 4.79 Å². The number of hydrogen-bond acceptors (Lipinski definition) is 3. The molecule has 0 bridgehead atoms. The maximum Gasteiger partial charge on any atom is 0.225 e. The Morgan fingerprint density at radius 3 is 2.53 bits per heavy atom. The van der Waals surface area contributed by atoms with E-state index in [9.17, 15) is 9.90 Å². The van der Waals surface area contributed by atoms with E-state index in [0.717, 1.165) is 32.1 Å². The van der Waals surface area contributed by atoms with Crippen molar-refractivity contribution < 1.29 is 14.6 Å². The zero-order chi connectivity index (χ0) is 10.7. The van der Waals surface area contributed by atoms with Gasteiger partial charge in [0.25, 0.3) is 0 Å². The Labute approximate surface area is 90.0 Å². The molecule has 1 aliphatic carbocycles. The highest BCUT2D eigenvalue weighted by atomic mass is 16.5. The number of aliphatic hydroxyl groups is 1. The van der Waals surface area contributed by atoms with E-state index in [4.69, 9.17) is 4.74 Å². The second kappa shape index (κ2) is 4.94. The molecule has 1 saturated carbocycles. The number of nitrogens with one attached hydrogen (secondary N) is 1. The maximum absolute atomic E-state index is 11.7. The summed E-state index contributed by atoms with van der Waals surface area (Å²) in [5.74, 6) is 0.186. The van der Waals surface area contributed by atoms with Crippen LogP contribution in [0.1, 0.15) is 32.1 Å². The Hall–Kier alpha value is -0.610. The van der Waals surface area contributed by atoms with E-state index in [0.29, 0.717) is 13.2 Å². The minimum Gasteiger partial charge on any atom is -0.393 e. The molecule has 86 valence electrons. The summed E-state index contributed by atoms with van der Waals surface area (Å²) < 4.78 is 5.18. The molecule has 0 radical (unpaired) electrons. The van der Waals surface area contributed by atoms with Crippen molar-refractivity contribution in [1.29, 1.82) is 0 Å². The Kier molecular flexibility index (Phi) is 3.59. The number of carbonyl (C=O) groups is 1. The third-order valence-corrected chi connectivity index (χ3v) is 3.34. The normalized spacial score (nSPS) is 36.5. The zero-order valence-corrected chi connectivity index (χ0v) is 8.95. The lowest BCUT2D eigenvalue weighted by Gasteiger charge is -2.27. The van der Waals surface area contributed by atoms with E-state index in [1.807, 2.05) is 0 Å². The highest BCUT2D eigenvalue weighted by Gasteiger charge is 2.27. The first-order valence-corrected chi connectivity index (χ1v) is 5.82. The third kappa shape index (κ3) is 2.92. The lowest BCUT2D eigenvalue weighted by atomic mass is 9.92. The van der Waals surface area contributed by atoms with Crippen molar-refractivity contribution in [2.75, 3.05) is 13.2 Å². The van der Waals surface area contributed by atoms with Gasteiger partial charge in [-0.05, 0) is 32.1 Å². The number of rotatable bonds is 2. The smallest absolute Gasteiger partial charge is 0.225 e. The van der Waals surface area contributed by atoms with E-state index < -0.39 is 0 Å². The van der Waals surface area contributed by atoms with Crippen molar-refractivity contribution in [2.45, 2.75) is 44.2 Å². The number of amides is 1. The van der Waals surface area contributed by atoms with Gasteiger partial charge in [0.15, 0.2) is 0 Å². The molecule has 1 unspecified atom stereocenters. The van der Waals surface area contributed by atoms with Crippen LogP contribution in [0.25, 0.3) is 0 Å². The summed E-state index contributed by atoms with van der Waals surface area (Å²) >= 11 is 0. The molecule has 4 heteroatoms. The Balaban J connectivity index is 1.74. The van der Waals surface area contributed by atoms with Crippen LogP contribution in [0.4, 0.5) is 0 Å². The molecule has 0 spiro atoms. The van der Waals surface area contributed by atoms with Crippen LogP contribution in [-0.4, -0.2) is 36.4 Å². The van der Waals surface area contributed by atoms with Crippen LogP contribution in [0.5, 0.6) is 0 Å². The van der Waals surface area contributed by atoms with Crippen LogP contribution >= 0.6 is 0 Å². The van der Waals surface area contributed by atoms with Crippen LogP contribution in [-0.2, 0) is 9.53 Å². The molecule has 0 aromatic heterocycles. The molecule has 1 heterocycles. The average Bonchev–Trinajstić information content (AvgIpc) is 2.74. The van der Waals surface area contributed by atoms with Crippen molar-refractivity contribution in [2.24, 2.45) is 5.92 Å². The molecular weight excluding hydrogens is 194 g/mol. The Bertz CT molecular complexity index is 218. The second-order valence-electron chi connectivity index (χ2n) is 4.57. The fraction of sp³-hybridized carbons (Fsp3) is 0.909. The minimum absolute atomic E-state index is 0.0526. The zero-order valence-electron chi connectivity index (χ0n) is 8.95. The maximum atomic E-state index is 11.7. The summed E-state index contributed by atoms with van der Waals surface area (Å²) in [6.45, 7) is 1.28. The summed E-state index contributed by atoms with van der Waals surface area (Å²) in [5.41, 5.74) is 0. The van der Waals surface area contributed by atoms with Crippen LogP contribution in [0, 0.1) is 5.92 Å². The molecule has 2 rings (SSSR count). The lowest BCUT2D eigenvalue weighted by molar-refractivity contribution is -0.126. The van der Waals surface area contributed by atoms with E-state index in [-0.39, 0.29) is 24.0 Å². The van der Waals surface area contributed by atoms with Crippen molar-refractivity contribution >= 4 is 5.91 Å². The molecule has 2 fully saturated rings. The van der Waals surface area contributed by atoms with Crippen LogP contribution < -0.4 is 5.32 Å². The van der Waals surface area contributed by atoms with Gasteiger partial charge in [0.2, 0.25) is 5.91 Å². The third-order valence-electron chi connectivity index (χ3n) is 3.34. The van der Waals surface area contributed by atoms with Crippen molar-refractivity contribution in [3.8, 4) is 0 Å². The minimum atomic E-state index is -0.159. The van der Waals surface area contributed by atoms with Gasteiger partial charge in [0.1, 0.15) is 0 Å². The van der Waals surface area contributed by atoms with E-state index >= 15 is 0 Å². The van der Waals surface area contributed by atoms with Gasteiger partial charge in [0.05, 0.1) is 18.6 Å². The van der Waals surface area contributed by atoms with Crippen LogP contribution in [0.2, 0.25) is 0 Å². The molecular formula is C11H19NO3. The highest BCUT2D eigenvalue weighted by molar-refractivity contribution is 5.79. The van der Waals surface area contributed by atoms with Crippen molar-refractivity contribution in [3.05, 3.63) is 0 Å². The molecule has 2 aliphatic rings. The average molecular weight is 213 g/mol. The first-order chi connectivity index (χ1) is 7.25. The largest absolute Gasteiger partial charge is 0.393 e. The topological polar surface area (TPSA) is 58.6 Å². The molecule has 4 nitrogen and oxygen atoms in total. The van der Waals surface area contributed by atoms with Gasteiger partial charge in [-0.2, -0.15) is 0 Å². The van der Waals surface area contributed by atoms with Crippen LogP contribution in [0.3, 0.4) is 0 Å². The summed E-state index contributed by atoms with van der Waals surface area (Å²) in [4.78, 5) is 11.7. The number of ether oxygens (including phenoxy) is 1. The monoisotopic (exact) mass is 213 g/mol. The molecule has 0 aromatic rings. The summed E-state index contributed by atoms with van der Waals surface area (Å²) in [7, 11) is 0. The number of aliphatic hydroxyl groups excluding tert-OH is 1. The Morgan fingerprint density at radius 2 is 1.93 bits per heavy atom. The Morgan fingerprint density at radius 1 is 1.20 bits per heavy atom. The van der Waals surface area contributed by atoms with Gasteiger partial charge in [-0.1, -0.05) is 0 Å². The fourth-order valence-corrected chi connectivity index (χ4v) is 2.28. The second-order valence-corrected chi connectivity index (χ2v) is 4.57. The first kappa shape index (κ1) is 10.9. The van der Waals surface area contributed by atoms with Gasteiger partial charge in [-0.15, -0.1) is 0 Å². The molecule has 0 aromatic carbocycles.